The Kier molecular flexibility index (Phi) is 6.68. The van der Waals surface area contributed by atoms with Crippen molar-refractivity contribution in [2.24, 2.45) is 5.41 Å². The first-order valence-electron chi connectivity index (χ1n) is 10.8. The van der Waals surface area contributed by atoms with Crippen LogP contribution in [-0.4, -0.2) is 49.4 Å². The minimum Gasteiger partial charge on any atom is -0.493 e. The fourth-order valence-corrected chi connectivity index (χ4v) is 4.45. The van der Waals surface area contributed by atoms with Gasteiger partial charge in [0.2, 0.25) is 0 Å². The van der Waals surface area contributed by atoms with Gasteiger partial charge in [0, 0.05) is 0 Å². The molecule has 1 aromatic carbocycles. The molecule has 7 nitrogen and oxygen atoms in total. The molecule has 2 atom stereocenters. The third-order valence-electron chi connectivity index (χ3n) is 5.96. The number of carbonyl (C=O) groups is 1. The van der Waals surface area contributed by atoms with Crippen LogP contribution in [0.3, 0.4) is 0 Å². The SMILES string of the molecule is COc1ccc(C2C(=C=O)N(OC)CC2(C)C(=O)OC(C)(C)C)cc1OC1CCCC1. The number of allylic oxidation sites excluding steroid dienone is 1. The Hall–Kier alpha value is -2.50. The highest BCUT2D eigenvalue weighted by molar-refractivity contribution is 5.82. The maximum Gasteiger partial charge on any atom is 0.315 e. The van der Waals surface area contributed by atoms with E-state index in [1.807, 2.05) is 44.9 Å². The Morgan fingerprint density at radius 2 is 1.84 bits per heavy atom. The highest BCUT2D eigenvalue weighted by atomic mass is 16.7. The highest BCUT2D eigenvalue weighted by Crippen LogP contribution is 2.51. The zero-order chi connectivity index (χ0) is 22.8. The summed E-state index contributed by atoms with van der Waals surface area (Å²) in [6, 6.07) is 5.53. The van der Waals surface area contributed by atoms with Crippen molar-refractivity contribution in [2.75, 3.05) is 20.8 Å². The number of rotatable bonds is 6. The molecule has 0 amide bonds. The molecule has 1 saturated carbocycles. The fraction of sp³-hybridized carbons (Fsp3) is 0.625. The Morgan fingerprint density at radius 3 is 2.39 bits per heavy atom. The molecular formula is C24H33NO6. The summed E-state index contributed by atoms with van der Waals surface area (Å²) in [5, 5.41) is 1.42. The van der Waals surface area contributed by atoms with Gasteiger partial charge in [0.05, 0.1) is 38.2 Å². The Balaban J connectivity index is 2.05. The second-order valence-corrected chi connectivity index (χ2v) is 9.49. The number of benzene rings is 1. The lowest BCUT2D eigenvalue weighted by molar-refractivity contribution is -0.170. The lowest BCUT2D eigenvalue weighted by Crippen LogP contribution is -2.40. The Morgan fingerprint density at radius 1 is 1.16 bits per heavy atom. The van der Waals surface area contributed by atoms with Crippen LogP contribution < -0.4 is 9.47 Å². The molecule has 31 heavy (non-hydrogen) atoms. The summed E-state index contributed by atoms with van der Waals surface area (Å²) in [4.78, 5) is 30.6. The normalized spacial score (nSPS) is 24.3. The van der Waals surface area contributed by atoms with Crippen molar-refractivity contribution in [3.8, 4) is 11.5 Å². The van der Waals surface area contributed by atoms with Gasteiger partial charge in [0.25, 0.3) is 0 Å². The second kappa shape index (κ2) is 8.93. The number of hydrogen-bond donors (Lipinski definition) is 0. The predicted molar refractivity (Wildman–Crippen MR) is 115 cm³/mol. The summed E-state index contributed by atoms with van der Waals surface area (Å²) in [7, 11) is 3.07. The number of carbonyl (C=O) groups excluding carboxylic acids is 2. The standard InChI is InChI=1S/C24H33NO6/c1-23(2,3)31-22(27)24(4)15-25(29-6)18(14-26)21(24)16-11-12-19(28-5)20(13-16)30-17-9-7-8-10-17/h11-13,17,21H,7-10,15H2,1-6H3. The van der Waals surface area contributed by atoms with E-state index in [-0.39, 0.29) is 18.3 Å². The second-order valence-electron chi connectivity index (χ2n) is 9.49. The molecule has 2 unspecified atom stereocenters. The molecule has 7 heteroatoms. The van der Waals surface area contributed by atoms with Gasteiger partial charge < -0.3 is 14.2 Å². The summed E-state index contributed by atoms with van der Waals surface area (Å²) < 4.78 is 17.5. The van der Waals surface area contributed by atoms with E-state index in [0.717, 1.165) is 31.2 Å². The summed E-state index contributed by atoms with van der Waals surface area (Å²) in [5.74, 6) is 2.23. The van der Waals surface area contributed by atoms with Crippen molar-refractivity contribution < 1.29 is 28.6 Å². The summed E-state index contributed by atoms with van der Waals surface area (Å²) >= 11 is 0. The van der Waals surface area contributed by atoms with E-state index < -0.39 is 22.9 Å². The topological polar surface area (TPSA) is 74.3 Å². The number of hydrogen-bond acceptors (Lipinski definition) is 7. The van der Waals surface area contributed by atoms with Gasteiger partial charge in [-0.15, -0.1) is 0 Å². The van der Waals surface area contributed by atoms with Crippen molar-refractivity contribution in [2.45, 2.75) is 71.0 Å². The van der Waals surface area contributed by atoms with Gasteiger partial charge in [-0.25, -0.2) is 9.86 Å². The van der Waals surface area contributed by atoms with E-state index in [9.17, 15) is 9.59 Å². The van der Waals surface area contributed by atoms with E-state index in [0.29, 0.717) is 11.5 Å². The van der Waals surface area contributed by atoms with Crippen molar-refractivity contribution in [3.05, 3.63) is 29.5 Å². The predicted octanol–water partition coefficient (Wildman–Crippen LogP) is 4.04. The van der Waals surface area contributed by atoms with Crippen molar-refractivity contribution in [1.29, 1.82) is 0 Å². The number of esters is 1. The van der Waals surface area contributed by atoms with Crippen LogP contribution in [0.5, 0.6) is 11.5 Å². The smallest absolute Gasteiger partial charge is 0.315 e. The first-order valence-corrected chi connectivity index (χ1v) is 10.8. The van der Waals surface area contributed by atoms with Crippen LogP contribution >= 0.6 is 0 Å². The van der Waals surface area contributed by atoms with Crippen LogP contribution in [0, 0.1) is 5.41 Å². The van der Waals surface area contributed by atoms with Gasteiger partial charge in [-0.3, -0.25) is 9.63 Å². The minimum absolute atomic E-state index is 0.140. The molecule has 0 spiro atoms. The maximum absolute atomic E-state index is 13.3. The van der Waals surface area contributed by atoms with Gasteiger partial charge in [-0.2, -0.15) is 0 Å². The number of methoxy groups -OCH3 is 1. The summed E-state index contributed by atoms with van der Waals surface area (Å²) in [6.45, 7) is 7.44. The molecule has 0 radical (unpaired) electrons. The van der Waals surface area contributed by atoms with Crippen LogP contribution in [0.1, 0.15) is 64.9 Å². The molecular weight excluding hydrogens is 398 g/mol. The minimum atomic E-state index is -1.05. The van der Waals surface area contributed by atoms with Crippen LogP contribution in [0.2, 0.25) is 0 Å². The van der Waals surface area contributed by atoms with Crippen molar-refractivity contribution in [3.63, 3.8) is 0 Å². The lowest BCUT2D eigenvalue weighted by Gasteiger charge is -2.31. The van der Waals surface area contributed by atoms with E-state index in [4.69, 9.17) is 19.0 Å². The largest absolute Gasteiger partial charge is 0.493 e. The van der Waals surface area contributed by atoms with E-state index in [1.54, 1.807) is 14.0 Å². The Labute approximate surface area is 184 Å². The monoisotopic (exact) mass is 431 g/mol. The molecule has 0 aromatic heterocycles. The fourth-order valence-electron chi connectivity index (χ4n) is 4.45. The van der Waals surface area contributed by atoms with Crippen LogP contribution in [0.25, 0.3) is 0 Å². The molecule has 1 heterocycles. The average Bonchev–Trinajstić information content (AvgIpc) is 3.32. The average molecular weight is 432 g/mol. The molecule has 170 valence electrons. The number of nitrogens with zero attached hydrogens (tertiary/aromatic N) is 1. The van der Waals surface area contributed by atoms with Gasteiger partial charge in [0.15, 0.2) is 11.5 Å². The zero-order valence-corrected chi connectivity index (χ0v) is 19.3. The molecule has 2 fully saturated rings. The van der Waals surface area contributed by atoms with Crippen molar-refractivity contribution >= 4 is 11.9 Å². The molecule has 1 saturated heterocycles. The molecule has 2 aliphatic rings. The summed E-state index contributed by atoms with van der Waals surface area (Å²) in [6.07, 6.45) is 4.44. The third kappa shape index (κ3) is 4.73. The van der Waals surface area contributed by atoms with Gasteiger partial charge in [0.1, 0.15) is 17.2 Å². The molecule has 3 rings (SSSR count). The quantitative estimate of drug-likeness (QED) is 0.497. The highest BCUT2D eigenvalue weighted by Gasteiger charge is 2.55. The van der Waals surface area contributed by atoms with Crippen molar-refractivity contribution in [1.82, 2.24) is 5.06 Å². The van der Waals surface area contributed by atoms with Gasteiger partial charge >= 0.3 is 5.97 Å². The molecule has 0 N–H and O–H groups in total. The van der Waals surface area contributed by atoms with Gasteiger partial charge in [-0.1, -0.05) is 6.07 Å². The lowest BCUT2D eigenvalue weighted by atomic mass is 9.74. The third-order valence-corrected chi connectivity index (χ3v) is 5.96. The number of ether oxygens (including phenoxy) is 3. The summed E-state index contributed by atoms with van der Waals surface area (Å²) in [5.41, 5.74) is -0.699. The first-order chi connectivity index (χ1) is 14.6. The number of hydroxylamine groups is 2. The molecule has 1 aliphatic heterocycles. The van der Waals surface area contributed by atoms with E-state index in [2.05, 4.69) is 0 Å². The van der Waals surface area contributed by atoms with Crippen LogP contribution in [0.4, 0.5) is 0 Å². The molecule has 0 bridgehead atoms. The Bertz CT molecular complexity index is 863. The van der Waals surface area contributed by atoms with E-state index in [1.165, 1.54) is 12.2 Å². The molecule has 1 aliphatic carbocycles. The van der Waals surface area contributed by atoms with Crippen LogP contribution in [-0.2, 0) is 19.2 Å². The van der Waals surface area contributed by atoms with Gasteiger partial charge in [-0.05, 0) is 71.1 Å². The molecule has 1 aromatic rings. The van der Waals surface area contributed by atoms with E-state index >= 15 is 0 Å². The zero-order valence-electron chi connectivity index (χ0n) is 19.3. The maximum atomic E-state index is 13.3. The first kappa shape index (κ1) is 23.2. The van der Waals surface area contributed by atoms with Crippen LogP contribution in [0.15, 0.2) is 23.9 Å².